The van der Waals surface area contributed by atoms with Crippen LogP contribution < -0.4 is 5.73 Å². The Labute approximate surface area is 120 Å². The van der Waals surface area contributed by atoms with Crippen LogP contribution in [-0.2, 0) is 4.74 Å². The molecule has 0 amide bonds. The molecule has 0 fully saturated rings. The number of rotatable bonds is 5. The largest absolute Gasteiger partial charge is 0.364 e. The predicted molar refractivity (Wildman–Crippen MR) is 79.8 cm³/mol. The van der Waals surface area contributed by atoms with Crippen molar-refractivity contribution in [3.05, 3.63) is 56.7 Å². The second-order valence-electron chi connectivity index (χ2n) is 4.08. The maximum atomic E-state index is 6.05. The van der Waals surface area contributed by atoms with Crippen LogP contribution in [0.5, 0.6) is 0 Å². The molecular formula is C14H16BrNOS. The van der Waals surface area contributed by atoms with E-state index in [1.165, 1.54) is 5.56 Å². The summed E-state index contributed by atoms with van der Waals surface area (Å²) in [6.45, 7) is 2.55. The van der Waals surface area contributed by atoms with Crippen molar-refractivity contribution in [2.75, 3.05) is 6.54 Å². The Morgan fingerprint density at radius 1 is 1.33 bits per heavy atom. The van der Waals surface area contributed by atoms with Crippen molar-refractivity contribution in [1.29, 1.82) is 0 Å². The highest BCUT2D eigenvalue weighted by Crippen LogP contribution is 2.31. The fourth-order valence-corrected chi connectivity index (χ4v) is 3.28. The first kappa shape index (κ1) is 13.7. The van der Waals surface area contributed by atoms with Gasteiger partial charge in [0.2, 0.25) is 0 Å². The molecule has 96 valence electrons. The molecule has 0 aliphatic rings. The van der Waals surface area contributed by atoms with Gasteiger partial charge in [0.25, 0.3) is 0 Å². The molecule has 0 spiro atoms. The van der Waals surface area contributed by atoms with Gasteiger partial charge in [0.15, 0.2) is 0 Å². The first-order chi connectivity index (χ1) is 8.70. The van der Waals surface area contributed by atoms with E-state index in [1.807, 2.05) is 18.2 Å². The minimum atomic E-state index is -0.0449. The van der Waals surface area contributed by atoms with Gasteiger partial charge in [-0.25, -0.2) is 0 Å². The molecule has 0 saturated heterocycles. The van der Waals surface area contributed by atoms with Gasteiger partial charge in [-0.05, 0) is 34.5 Å². The molecule has 1 aromatic carbocycles. The van der Waals surface area contributed by atoms with Crippen LogP contribution in [0, 0.1) is 0 Å². The van der Waals surface area contributed by atoms with Crippen molar-refractivity contribution in [1.82, 2.24) is 0 Å². The third-order valence-corrected chi connectivity index (χ3v) is 4.54. The summed E-state index contributed by atoms with van der Waals surface area (Å²) in [6, 6.07) is 12.3. The van der Waals surface area contributed by atoms with Crippen LogP contribution in [0.15, 0.2) is 46.3 Å². The van der Waals surface area contributed by atoms with Crippen LogP contribution in [0.1, 0.15) is 29.6 Å². The summed E-state index contributed by atoms with van der Waals surface area (Å²) in [5.41, 5.74) is 6.98. The highest BCUT2D eigenvalue weighted by molar-refractivity contribution is 9.10. The van der Waals surface area contributed by atoms with Crippen LogP contribution in [0.2, 0.25) is 0 Å². The van der Waals surface area contributed by atoms with Crippen molar-refractivity contribution < 1.29 is 4.74 Å². The van der Waals surface area contributed by atoms with E-state index in [0.29, 0.717) is 6.54 Å². The molecule has 0 radical (unpaired) electrons. The molecule has 4 heteroatoms. The van der Waals surface area contributed by atoms with E-state index < -0.39 is 0 Å². The smallest absolute Gasteiger partial charge is 0.105 e. The second-order valence-corrected chi connectivity index (χ2v) is 5.94. The van der Waals surface area contributed by atoms with Gasteiger partial charge in [-0.2, -0.15) is 0 Å². The second kappa shape index (κ2) is 6.48. The predicted octanol–water partition coefficient (Wildman–Crippen LogP) is 4.29. The quantitative estimate of drug-likeness (QED) is 0.890. The Morgan fingerprint density at radius 3 is 2.61 bits per heavy atom. The lowest BCUT2D eigenvalue weighted by Crippen LogP contribution is -2.16. The van der Waals surface area contributed by atoms with Gasteiger partial charge in [-0.1, -0.05) is 30.3 Å². The molecule has 2 N–H and O–H groups in total. The molecule has 0 bridgehead atoms. The fraction of sp³-hybridized carbons (Fsp3) is 0.286. The lowest BCUT2D eigenvalue weighted by atomic mass is 10.1. The Bertz CT molecular complexity index is 486. The number of nitrogens with two attached hydrogens (primary N) is 1. The molecule has 2 aromatic rings. The number of hydrogen-bond acceptors (Lipinski definition) is 3. The maximum Gasteiger partial charge on any atom is 0.105 e. The van der Waals surface area contributed by atoms with Gasteiger partial charge in [0.05, 0.1) is 6.10 Å². The number of ether oxygens (including phenoxy) is 1. The van der Waals surface area contributed by atoms with Crippen molar-refractivity contribution in [3.8, 4) is 0 Å². The summed E-state index contributed by atoms with van der Waals surface area (Å²) >= 11 is 5.12. The van der Waals surface area contributed by atoms with Crippen LogP contribution in [-0.4, -0.2) is 6.54 Å². The van der Waals surface area contributed by atoms with Gasteiger partial charge < -0.3 is 10.5 Å². The lowest BCUT2D eigenvalue weighted by Gasteiger charge is -2.20. The first-order valence-electron chi connectivity index (χ1n) is 5.85. The summed E-state index contributed by atoms with van der Waals surface area (Å²) in [4.78, 5) is 1.16. The van der Waals surface area contributed by atoms with E-state index in [4.69, 9.17) is 10.5 Å². The van der Waals surface area contributed by atoms with Gasteiger partial charge in [-0.3, -0.25) is 0 Å². The normalized spacial score (nSPS) is 14.4. The minimum Gasteiger partial charge on any atom is -0.364 e. The third-order valence-electron chi connectivity index (χ3n) is 2.76. The van der Waals surface area contributed by atoms with Crippen molar-refractivity contribution in [2.45, 2.75) is 19.1 Å². The van der Waals surface area contributed by atoms with E-state index in [-0.39, 0.29) is 12.2 Å². The average Bonchev–Trinajstić information content (AvgIpc) is 2.83. The van der Waals surface area contributed by atoms with Crippen molar-refractivity contribution in [3.63, 3.8) is 0 Å². The van der Waals surface area contributed by atoms with Crippen LogP contribution in [0.3, 0.4) is 0 Å². The average molecular weight is 326 g/mol. The minimum absolute atomic E-state index is 0.0422. The summed E-state index contributed by atoms with van der Waals surface area (Å²) in [7, 11) is 0. The summed E-state index contributed by atoms with van der Waals surface area (Å²) in [6.07, 6.45) is -0.00266. The van der Waals surface area contributed by atoms with Crippen molar-refractivity contribution in [2.24, 2.45) is 5.73 Å². The molecule has 0 aliphatic heterocycles. The van der Waals surface area contributed by atoms with Gasteiger partial charge in [0, 0.05) is 21.3 Å². The fourth-order valence-electron chi connectivity index (χ4n) is 1.78. The van der Waals surface area contributed by atoms with E-state index in [2.05, 4.69) is 46.4 Å². The molecule has 1 heterocycles. The summed E-state index contributed by atoms with van der Waals surface area (Å²) in [5, 5.41) is 2.05. The van der Waals surface area contributed by atoms with E-state index in [9.17, 15) is 0 Å². The molecular weight excluding hydrogens is 310 g/mol. The Hall–Kier alpha value is -0.680. The van der Waals surface area contributed by atoms with Gasteiger partial charge in [-0.15, -0.1) is 11.3 Å². The highest BCUT2D eigenvalue weighted by Gasteiger charge is 2.16. The molecule has 0 saturated carbocycles. The molecule has 18 heavy (non-hydrogen) atoms. The molecule has 2 rings (SSSR count). The molecule has 2 nitrogen and oxygen atoms in total. The van der Waals surface area contributed by atoms with E-state index in [1.54, 1.807) is 11.3 Å². The molecule has 1 aromatic heterocycles. The van der Waals surface area contributed by atoms with E-state index >= 15 is 0 Å². The molecule has 0 aliphatic carbocycles. The van der Waals surface area contributed by atoms with Gasteiger partial charge in [0.1, 0.15) is 6.10 Å². The molecule has 2 unspecified atom stereocenters. The zero-order valence-corrected chi connectivity index (χ0v) is 12.6. The zero-order chi connectivity index (χ0) is 13.0. The Kier molecular flexibility index (Phi) is 4.95. The summed E-state index contributed by atoms with van der Waals surface area (Å²) in [5.74, 6) is 0. The highest BCUT2D eigenvalue weighted by atomic mass is 79.9. The number of halogens is 1. The zero-order valence-electron chi connectivity index (χ0n) is 10.2. The van der Waals surface area contributed by atoms with Gasteiger partial charge >= 0.3 is 0 Å². The van der Waals surface area contributed by atoms with Crippen LogP contribution >= 0.6 is 27.3 Å². The molecule has 2 atom stereocenters. The van der Waals surface area contributed by atoms with E-state index in [0.717, 1.165) is 9.35 Å². The lowest BCUT2D eigenvalue weighted by molar-refractivity contribution is 0.00218. The first-order valence-corrected chi connectivity index (χ1v) is 7.52. The van der Waals surface area contributed by atoms with Crippen LogP contribution in [0.25, 0.3) is 0 Å². The Balaban J connectivity index is 2.07. The monoisotopic (exact) mass is 325 g/mol. The standard InChI is InChI=1S/C14H16BrNOS/c1-10(11-5-3-2-4-6-11)17-13(8-16)14-7-12(15)9-18-14/h2-7,9-10,13H,8,16H2,1H3. The maximum absolute atomic E-state index is 6.05. The number of hydrogen-bond donors (Lipinski definition) is 1. The third kappa shape index (κ3) is 3.42. The topological polar surface area (TPSA) is 35.2 Å². The van der Waals surface area contributed by atoms with Crippen molar-refractivity contribution >= 4 is 27.3 Å². The Morgan fingerprint density at radius 2 is 2.06 bits per heavy atom. The van der Waals surface area contributed by atoms with Crippen LogP contribution in [0.4, 0.5) is 0 Å². The number of benzene rings is 1. The summed E-state index contributed by atoms with van der Waals surface area (Å²) < 4.78 is 7.13. The number of thiophene rings is 1. The SMILES string of the molecule is CC(OC(CN)c1cc(Br)cs1)c1ccccc1.